The number of nitro groups is 1. The van der Waals surface area contributed by atoms with Crippen LogP contribution in [0, 0.1) is 10.1 Å². The smallest absolute Gasteiger partial charge is 0.271 e. The minimum Gasteiger partial charge on any atom is -0.383 e. The van der Waals surface area contributed by atoms with Crippen molar-refractivity contribution in [2.45, 2.75) is 13.0 Å². The summed E-state index contributed by atoms with van der Waals surface area (Å²) in [6, 6.07) is 4.31. The van der Waals surface area contributed by atoms with E-state index in [2.05, 4.69) is 5.32 Å². The van der Waals surface area contributed by atoms with Gasteiger partial charge in [-0.3, -0.25) is 10.1 Å². The molecule has 0 aliphatic heterocycles. The molecule has 0 bridgehead atoms. The van der Waals surface area contributed by atoms with Gasteiger partial charge in [0, 0.05) is 25.3 Å². The van der Waals surface area contributed by atoms with Crippen molar-refractivity contribution in [3.8, 4) is 0 Å². The van der Waals surface area contributed by atoms with Gasteiger partial charge in [0.25, 0.3) is 5.69 Å². The van der Waals surface area contributed by atoms with Gasteiger partial charge in [-0.15, -0.1) is 0 Å². The van der Waals surface area contributed by atoms with E-state index in [1.807, 2.05) is 6.92 Å². The molecule has 1 aromatic rings. The maximum atomic E-state index is 10.6. The fourth-order valence-electron chi connectivity index (χ4n) is 1.29. The lowest BCUT2D eigenvalue weighted by Gasteiger charge is -2.14. The zero-order chi connectivity index (χ0) is 12.1. The molecule has 0 saturated carbocycles. The first-order valence-corrected chi connectivity index (χ1v) is 5.11. The molecule has 0 fully saturated rings. The van der Waals surface area contributed by atoms with Gasteiger partial charge in [-0.05, 0) is 13.0 Å². The second kappa shape index (κ2) is 5.67. The SMILES string of the molecule is COCC(C)Nc1cc([N+](=O)[O-])ccc1Cl. The van der Waals surface area contributed by atoms with Crippen LogP contribution in [0.25, 0.3) is 0 Å². The van der Waals surface area contributed by atoms with Crippen molar-refractivity contribution in [3.63, 3.8) is 0 Å². The summed E-state index contributed by atoms with van der Waals surface area (Å²) in [6.45, 7) is 2.40. The summed E-state index contributed by atoms with van der Waals surface area (Å²) < 4.78 is 4.95. The van der Waals surface area contributed by atoms with Gasteiger partial charge >= 0.3 is 0 Å². The summed E-state index contributed by atoms with van der Waals surface area (Å²) in [5.74, 6) is 0. The third-order valence-electron chi connectivity index (χ3n) is 1.98. The molecule has 1 rings (SSSR count). The number of nitro benzene ring substituents is 1. The molecule has 0 saturated heterocycles. The molecule has 1 unspecified atom stereocenters. The maximum absolute atomic E-state index is 10.6. The van der Waals surface area contributed by atoms with E-state index in [9.17, 15) is 10.1 Å². The van der Waals surface area contributed by atoms with Gasteiger partial charge in [-0.1, -0.05) is 11.6 Å². The van der Waals surface area contributed by atoms with Crippen LogP contribution in [0.3, 0.4) is 0 Å². The highest BCUT2D eigenvalue weighted by molar-refractivity contribution is 6.33. The number of hydrogen-bond acceptors (Lipinski definition) is 4. The fourth-order valence-corrected chi connectivity index (χ4v) is 1.47. The van der Waals surface area contributed by atoms with Gasteiger partial charge in [-0.25, -0.2) is 0 Å². The molecule has 0 radical (unpaired) electrons. The predicted molar refractivity (Wildman–Crippen MR) is 63.1 cm³/mol. The molecule has 0 aliphatic carbocycles. The Hall–Kier alpha value is -1.33. The number of ether oxygens (including phenoxy) is 1. The predicted octanol–water partition coefficient (Wildman–Crippen LogP) is 2.70. The number of benzene rings is 1. The molecule has 0 spiro atoms. The van der Waals surface area contributed by atoms with E-state index in [0.29, 0.717) is 17.3 Å². The lowest BCUT2D eigenvalue weighted by molar-refractivity contribution is -0.384. The summed E-state index contributed by atoms with van der Waals surface area (Å²) in [5.41, 5.74) is 0.553. The minimum absolute atomic E-state index is 0.0107. The van der Waals surface area contributed by atoms with Crippen LogP contribution in [0.1, 0.15) is 6.92 Å². The van der Waals surface area contributed by atoms with Gasteiger partial charge in [-0.2, -0.15) is 0 Å². The van der Waals surface area contributed by atoms with Crippen molar-refractivity contribution in [2.75, 3.05) is 19.0 Å². The summed E-state index contributed by atoms with van der Waals surface area (Å²) in [7, 11) is 1.59. The molecule has 1 atom stereocenters. The molecule has 16 heavy (non-hydrogen) atoms. The number of nitrogens with one attached hydrogen (secondary N) is 1. The van der Waals surface area contributed by atoms with Crippen molar-refractivity contribution < 1.29 is 9.66 Å². The zero-order valence-electron chi connectivity index (χ0n) is 9.07. The fraction of sp³-hybridized carbons (Fsp3) is 0.400. The molecule has 5 nitrogen and oxygen atoms in total. The number of non-ortho nitro benzene ring substituents is 1. The van der Waals surface area contributed by atoms with Crippen molar-refractivity contribution in [1.82, 2.24) is 0 Å². The second-order valence-corrected chi connectivity index (χ2v) is 3.83. The average Bonchev–Trinajstić information content (AvgIpc) is 2.21. The largest absolute Gasteiger partial charge is 0.383 e. The topological polar surface area (TPSA) is 64.4 Å². The lowest BCUT2D eigenvalue weighted by Crippen LogP contribution is -2.20. The monoisotopic (exact) mass is 244 g/mol. The Bertz CT molecular complexity index is 384. The maximum Gasteiger partial charge on any atom is 0.271 e. The molecule has 0 aliphatic rings. The average molecular weight is 245 g/mol. The van der Waals surface area contributed by atoms with Crippen LogP contribution >= 0.6 is 11.6 Å². The standard InChI is InChI=1S/C10H13ClN2O3/c1-7(6-16-2)12-10-5-8(13(14)15)3-4-9(10)11/h3-5,7,12H,6H2,1-2H3. The van der Waals surface area contributed by atoms with Gasteiger partial charge in [0.2, 0.25) is 0 Å². The summed E-state index contributed by atoms with van der Waals surface area (Å²) >= 11 is 5.92. The van der Waals surface area contributed by atoms with Gasteiger partial charge in [0.1, 0.15) is 0 Å². The highest BCUT2D eigenvalue weighted by atomic mass is 35.5. The molecule has 1 N–H and O–H groups in total. The molecule has 6 heteroatoms. The molecule has 0 aromatic heterocycles. The van der Waals surface area contributed by atoms with Crippen molar-refractivity contribution >= 4 is 23.0 Å². The van der Waals surface area contributed by atoms with E-state index in [1.54, 1.807) is 7.11 Å². The van der Waals surface area contributed by atoms with Crippen LogP contribution in [-0.4, -0.2) is 24.7 Å². The van der Waals surface area contributed by atoms with Crippen LogP contribution in [0.4, 0.5) is 11.4 Å². The molecular formula is C10H13ClN2O3. The third kappa shape index (κ3) is 3.36. The Morgan fingerprint density at radius 2 is 2.31 bits per heavy atom. The van der Waals surface area contributed by atoms with Crippen LogP contribution in [0.2, 0.25) is 5.02 Å². The van der Waals surface area contributed by atoms with Crippen LogP contribution in [0.15, 0.2) is 18.2 Å². The number of rotatable bonds is 5. The van der Waals surface area contributed by atoms with E-state index in [-0.39, 0.29) is 11.7 Å². The first-order chi connectivity index (χ1) is 7.54. The van der Waals surface area contributed by atoms with E-state index < -0.39 is 4.92 Å². The Morgan fingerprint density at radius 3 is 2.88 bits per heavy atom. The lowest BCUT2D eigenvalue weighted by atomic mass is 10.2. The van der Waals surface area contributed by atoms with E-state index in [0.717, 1.165) is 0 Å². The van der Waals surface area contributed by atoms with Crippen molar-refractivity contribution in [3.05, 3.63) is 33.3 Å². The Labute approximate surface area is 98.5 Å². The quantitative estimate of drug-likeness (QED) is 0.639. The molecule has 88 valence electrons. The Balaban J connectivity index is 2.85. The molecular weight excluding hydrogens is 232 g/mol. The van der Waals surface area contributed by atoms with Crippen LogP contribution < -0.4 is 5.32 Å². The van der Waals surface area contributed by atoms with Crippen molar-refractivity contribution in [1.29, 1.82) is 0 Å². The minimum atomic E-state index is -0.456. The highest BCUT2D eigenvalue weighted by Crippen LogP contribution is 2.27. The zero-order valence-corrected chi connectivity index (χ0v) is 9.82. The summed E-state index contributed by atoms with van der Waals surface area (Å²) in [6.07, 6.45) is 0. The van der Waals surface area contributed by atoms with Crippen LogP contribution in [-0.2, 0) is 4.74 Å². The van der Waals surface area contributed by atoms with Gasteiger partial charge < -0.3 is 10.1 Å². The summed E-state index contributed by atoms with van der Waals surface area (Å²) in [5, 5.41) is 14.1. The molecule has 1 aromatic carbocycles. The summed E-state index contributed by atoms with van der Waals surface area (Å²) in [4.78, 5) is 10.1. The number of methoxy groups -OCH3 is 1. The first-order valence-electron chi connectivity index (χ1n) is 4.74. The highest BCUT2D eigenvalue weighted by Gasteiger charge is 2.11. The normalized spacial score (nSPS) is 12.2. The van der Waals surface area contributed by atoms with Crippen molar-refractivity contribution in [2.24, 2.45) is 0 Å². The first kappa shape index (κ1) is 12.7. The Kier molecular flexibility index (Phi) is 4.52. The van der Waals surface area contributed by atoms with E-state index in [1.165, 1.54) is 18.2 Å². The second-order valence-electron chi connectivity index (χ2n) is 3.42. The van der Waals surface area contributed by atoms with Crippen LogP contribution in [0.5, 0.6) is 0 Å². The molecule has 0 heterocycles. The number of anilines is 1. The third-order valence-corrected chi connectivity index (χ3v) is 2.31. The number of hydrogen-bond donors (Lipinski definition) is 1. The number of nitrogens with zero attached hydrogens (tertiary/aromatic N) is 1. The van der Waals surface area contributed by atoms with E-state index in [4.69, 9.17) is 16.3 Å². The number of halogens is 1. The molecule has 0 amide bonds. The van der Waals surface area contributed by atoms with Gasteiger partial charge in [0.15, 0.2) is 0 Å². The van der Waals surface area contributed by atoms with E-state index >= 15 is 0 Å². The Morgan fingerprint density at radius 1 is 1.62 bits per heavy atom. The van der Waals surface area contributed by atoms with Gasteiger partial charge in [0.05, 0.1) is 22.2 Å².